The Hall–Kier alpha value is -7.08. The van der Waals surface area contributed by atoms with E-state index in [1.54, 1.807) is 0 Å². The van der Waals surface area contributed by atoms with Crippen molar-refractivity contribution in [2.75, 3.05) is 0 Å². The largest absolute Gasteiger partial charge is 0.456 e. The average Bonchev–Trinajstić information content (AvgIpc) is 3.83. The molecule has 1 aliphatic rings. The smallest absolute Gasteiger partial charge is 0.160 e. The Morgan fingerprint density at radius 2 is 1.18 bits per heavy atom. The second-order valence-corrected chi connectivity index (χ2v) is 15.6. The van der Waals surface area contributed by atoms with E-state index in [4.69, 9.17) is 14.4 Å². The molecule has 0 saturated heterocycles. The van der Waals surface area contributed by atoms with Gasteiger partial charge < -0.3 is 9.73 Å². The van der Waals surface area contributed by atoms with Crippen LogP contribution in [0.15, 0.2) is 190 Å². The lowest BCUT2D eigenvalue weighted by molar-refractivity contribution is 0.668. The van der Waals surface area contributed by atoms with Crippen LogP contribution in [0.25, 0.3) is 85.6 Å². The topological polar surface area (TPSA) is 49.9 Å². The van der Waals surface area contributed by atoms with Gasteiger partial charge in [-0.1, -0.05) is 133 Å². The number of amidine groups is 2. The summed E-state index contributed by atoms with van der Waals surface area (Å²) in [5, 5.41) is 15.6. The molecule has 0 amide bonds. The fourth-order valence-corrected chi connectivity index (χ4v) is 9.73. The van der Waals surface area contributed by atoms with Crippen molar-refractivity contribution in [2.24, 2.45) is 9.98 Å². The van der Waals surface area contributed by atoms with Crippen LogP contribution in [0.3, 0.4) is 0 Å². The van der Waals surface area contributed by atoms with Gasteiger partial charge in [0.25, 0.3) is 0 Å². The van der Waals surface area contributed by atoms with Crippen molar-refractivity contribution in [1.29, 1.82) is 0 Å². The molecule has 5 heteroatoms. The van der Waals surface area contributed by atoms with Gasteiger partial charge in [0.15, 0.2) is 5.84 Å². The lowest BCUT2D eigenvalue weighted by Crippen LogP contribution is -2.33. The van der Waals surface area contributed by atoms with Crippen molar-refractivity contribution >= 4 is 97.4 Å². The van der Waals surface area contributed by atoms with Crippen LogP contribution in [0.5, 0.6) is 0 Å². The summed E-state index contributed by atoms with van der Waals surface area (Å²) in [5.74, 6) is 1.45. The first-order valence-electron chi connectivity index (χ1n) is 18.9. The van der Waals surface area contributed by atoms with E-state index in [0.29, 0.717) is 5.84 Å². The molecular formula is C51H31N3OS. The molecule has 262 valence electrons. The van der Waals surface area contributed by atoms with Crippen LogP contribution in [0.1, 0.15) is 22.9 Å². The quantitative estimate of drug-likeness (QED) is 0.183. The number of para-hydroxylation sites is 1. The van der Waals surface area contributed by atoms with Gasteiger partial charge in [-0.2, -0.15) is 0 Å². The highest BCUT2D eigenvalue weighted by atomic mass is 32.1. The van der Waals surface area contributed by atoms with Gasteiger partial charge in [0.2, 0.25) is 0 Å². The van der Waals surface area contributed by atoms with E-state index in [0.717, 1.165) is 55.6 Å². The van der Waals surface area contributed by atoms with Crippen LogP contribution in [-0.4, -0.2) is 11.7 Å². The normalized spacial score (nSPS) is 14.6. The molecular weight excluding hydrogens is 703 g/mol. The van der Waals surface area contributed by atoms with Crippen molar-refractivity contribution in [3.63, 3.8) is 0 Å². The maximum absolute atomic E-state index is 6.53. The highest BCUT2D eigenvalue weighted by Gasteiger charge is 2.27. The Balaban J connectivity index is 1.13. The first-order chi connectivity index (χ1) is 27.7. The van der Waals surface area contributed by atoms with E-state index in [1.807, 2.05) is 23.5 Å². The Labute approximate surface area is 325 Å². The van der Waals surface area contributed by atoms with E-state index in [9.17, 15) is 0 Å². The third-order valence-corrected chi connectivity index (χ3v) is 12.4. The standard InChI is InChI=1S/C51H31N3OS/c1-2-11-33-27-35(22-17-30(33)9-1)49-52-50(36-23-24-40-39-13-6-8-16-45(39)56-46(40)29-36)54-51(53-49)48-38(25-26-44-47(48)41-14-5-7-15-43(41)55-44)34-21-20-32-19-18-31-10-3-4-12-37(31)42(32)28-34/h1-29,49H,(H,52,53,54). The number of fused-ring (bicyclic) bond motifs is 10. The Kier molecular flexibility index (Phi) is 6.83. The molecule has 0 spiro atoms. The number of hydrogen-bond donors (Lipinski definition) is 1. The fraction of sp³-hybridized carbons (Fsp3) is 0.0196. The molecule has 1 atom stereocenters. The molecule has 3 heterocycles. The predicted molar refractivity (Wildman–Crippen MR) is 236 cm³/mol. The monoisotopic (exact) mass is 733 g/mol. The van der Waals surface area contributed by atoms with Gasteiger partial charge in [-0.15, -0.1) is 11.3 Å². The molecule has 1 aliphatic heterocycles. The van der Waals surface area contributed by atoms with Crippen molar-refractivity contribution in [3.8, 4) is 11.1 Å². The Bertz CT molecular complexity index is 3480. The zero-order chi connectivity index (χ0) is 36.7. The van der Waals surface area contributed by atoms with Crippen LogP contribution in [-0.2, 0) is 0 Å². The highest BCUT2D eigenvalue weighted by Crippen LogP contribution is 2.41. The molecule has 1 unspecified atom stereocenters. The number of hydrogen-bond acceptors (Lipinski definition) is 5. The summed E-state index contributed by atoms with van der Waals surface area (Å²) in [7, 11) is 0. The summed E-state index contributed by atoms with van der Waals surface area (Å²) in [6, 6.07) is 62.8. The van der Waals surface area contributed by atoms with E-state index >= 15 is 0 Å². The summed E-state index contributed by atoms with van der Waals surface area (Å²) in [6.07, 6.45) is -0.387. The van der Waals surface area contributed by atoms with Gasteiger partial charge in [0.05, 0.1) is 0 Å². The molecule has 0 bridgehead atoms. The number of nitrogens with zero attached hydrogens (tertiary/aromatic N) is 2. The van der Waals surface area contributed by atoms with Gasteiger partial charge in [0.1, 0.15) is 23.2 Å². The second-order valence-electron chi connectivity index (χ2n) is 14.6. The molecule has 0 aliphatic carbocycles. The average molecular weight is 734 g/mol. The molecule has 4 nitrogen and oxygen atoms in total. The molecule has 0 radical (unpaired) electrons. The molecule has 12 rings (SSSR count). The molecule has 0 fully saturated rings. The van der Waals surface area contributed by atoms with Gasteiger partial charge in [-0.3, -0.25) is 0 Å². The highest BCUT2D eigenvalue weighted by molar-refractivity contribution is 7.25. The minimum absolute atomic E-state index is 0.387. The van der Waals surface area contributed by atoms with Crippen LogP contribution in [0.4, 0.5) is 0 Å². The number of rotatable bonds is 4. The molecule has 11 aromatic rings. The zero-order valence-electron chi connectivity index (χ0n) is 30.0. The number of thiophene rings is 1. The number of benzene rings is 9. The fourth-order valence-electron chi connectivity index (χ4n) is 8.59. The van der Waals surface area contributed by atoms with Crippen molar-refractivity contribution in [1.82, 2.24) is 5.32 Å². The molecule has 0 saturated carbocycles. The summed E-state index contributed by atoms with van der Waals surface area (Å²) in [5.41, 5.74) is 6.85. The first kappa shape index (κ1) is 31.3. The van der Waals surface area contributed by atoms with Gasteiger partial charge in [0, 0.05) is 42.1 Å². The third kappa shape index (κ3) is 4.91. The number of nitrogens with one attached hydrogen (secondary N) is 1. The van der Waals surface area contributed by atoms with Gasteiger partial charge in [-0.25, -0.2) is 9.98 Å². The zero-order valence-corrected chi connectivity index (χ0v) is 30.8. The van der Waals surface area contributed by atoms with Crippen molar-refractivity contribution in [2.45, 2.75) is 6.17 Å². The van der Waals surface area contributed by atoms with Gasteiger partial charge in [-0.05, 0) is 91.5 Å². The van der Waals surface area contributed by atoms with E-state index in [2.05, 4.69) is 169 Å². The lowest BCUT2D eigenvalue weighted by atomic mass is 9.91. The molecule has 2 aromatic heterocycles. The second kappa shape index (κ2) is 12.2. The van der Waals surface area contributed by atoms with Crippen LogP contribution in [0, 0.1) is 0 Å². The van der Waals surface area contributed by atoms with E-state index in [1.165, 1.54) is 52.5 Å². The molecule has 56 heavy (non-hydrogen) atoms. The minimum Gasteiger partial charge on any atom is -0.456 e. The number of furan rings is 1. The minimum atomic E-state index is -0.387. The molecule has 9 aromatic carbocycles. The summed E-state index contributed by atoms with van der Waals surface area (Å²) in [6.45, 7) is 0. The first-order valence-corrected chi connectivity index (χ1v) is 19.7. The summed E-state index contributed by atoms with van der Waals surface area (Å²) >= 11 is 1.82. The Morgan fingerprint density at radius 1 is 0.482 bits per heavy atom. The summed E-state index contributed by atoms with van der Waals surface area (Å²) in [4.78, 5) is 11.0. The Morgan fingerprint density at radius 3 is 2.09 bits per heavy atom. The maximum atomic E-state index is 6.53. The summed E-state index contributed by atoms with van der Waals surface area (Å²) < 4.78 is 9.04. The van der Waals surface area contributed by atoms with Crippen LogP contribution < -0.4 is 5.32 Å². The predicted octanol–water partition coefficient (Wildman–Crippen LogP) is 13.6. The van der Waals surface area contributed by atoms with Crippen molar-refractivity contribution in [3.05, 3.63) is 193 Å². The lowest BCUT2D eigenvalue weighted by Gasteiger charge is -2.25. The van der Waals surface area contributed by atoms with Gasteiger partial charge >= 0.3 is 0 Å². The van der Waals surface area contributed by atoms with E-state index in [-0.39, 0.29) is 6.17 Å². The number of aliphatic imine (C=N–C) groups is 2. The third-order valence-electron chi connectivity index (χ3n) is 11.3. The van der Waals surface area contributed by atoms with Crippen LogP contribution in [0.2, 0.25) is 0 Å². The maximum Gasteiger partial charge on any atom is 0.160 e. The molecule has 1 N–H and O–H groups in total. The van der Waals surface area contributed by atoms with Crippen LogP contribution >= 0.6 is 11.3 Å². The van der Waals surface area contributed by atoms with Crippen molar-refractivity contribution < 1.29 is 4.42 Å². The van der Waals surface area contributed by atoms with E-state index < -0.39 is 0 Å². The SMILES string of the molecule is c1ccc2cc(C3N=C(c4c(-c5ccc6ccc7ccccc7c6c5)ccc5oc6ccccc6c45)N=C(c4ccc5c(c4)sc4ccccc45)N3)ccc2c1.